The molecule has 0 bridgehead atoms. The zero-order valence-corrected chi connectivity index (χ0v) is 16.2. The summed E-state index contributed by atoms with van der Waals surface area (Å²) < 4.78 is 2.07. The molecule has 4 rings (SSSR count). The summed E-state index contributed by atoms with van der Waals surface area (Å²) in [5.41, 5.74) is 5.11. The van der Waals surface area contributed by atoms with Gasteiger partial charge in [0.25, 0.3) is 0 Å². The van der Waals surface area contributed by atoms with Crippen LogP contribution in [0.3, 0.4) is 0 Å². The van der Waals surface area contributed by atoms with Gasteiger partial charge < -0.3 is 9.67 Å². The lowest BCUT2D eigenvalue weighted by Gasteiger charge is -2.15. The molecule has 0 saturated carbocycles. The molecule has 0 spiro atoms. The van der Waals surface area contributed by atoms with Crippen LogP contribution in [0, 0.1) is 6.92 Å². The van der Waals surface area contributed by atoms with Gasteiger partial charge in [0.15, 0.2) is 5.65 Å². The van der Waals surface area contributed by atoms with Crippen LogP contribution >= 0.6 is 12.6 Å². The number of aromatic carboxylic acids is 1. The van der Waals surface area contributed by atoms with E-state index in [1.165, 1.54) is 5.56 Å². The van der Waals surface area contributed by atoms with Gasteiger partial charge in [-0.15, -0.1) is 0 Å². The molecule has 0 radical (unpaired) electrons. The number of carboxylic acids is 1. The van der Waals surface area contributed by atoms with Gasteiger partial charge in [-0.05, 0) is 42.3 Å². The van der Waals surface area contributed by atoms with E-state index in [0.717, 1.165) is 28.1 Å². The predicted octanol–water partition coefficient (Wildman–Crippen LogP) is 4.51. The summed E-state index contributed by atoms with van der Waals surface area (Å²) in [5.74, 6) is -0.168. The Hall–Kier alpha value is -3.12. The average Bonchev–Trinajstić information content (AvgIpc) is 3.07. The largest absolute Gasteiger partial charge is 0.478 e. The number of thiol groups is 1. The van der Waals surface area contributed by atoms with E-state index >= 15 is 0 Å². The zero-order chi connectivity index (χ0) is 19.7. The van der Waals surface area contributed by atoms with E-state index in [1.807, 2.05) is 12.1 Å². The standard InChI is InChI=1S/C22H19N3O2S/c1-14-4-6-15(7-5-14)13-25-20-18(3-2-12-23-20)24-21(25)19(28)16-8-10-17(11-9-16)22(26)27/h2-12,19,28H,13H2,1H3,(H,26,27). The van der Waals surface area contributed by atoms with E-state index in [9.17, 15) is 4.79 Å². The highest BCUT2D eigenvalue weighted by Gasteiger charge is 2.20. The highest BCUT2D eigenvalue weighted by atomic mass is 32.1. The lowest BCUT2D eigenvalue weighted by Crippen LogP contribution is -2.09. The third-order valence-corrected chi connectivity index (χ3v) is 5.24. The topological polar surface area (TPSA) is 68.0 Å². The number of pyridine rings is 1. The van der Waals surface area contributed by atoms with E-state index in [-0.39, 0.29) is 10.8 Å². The summed E-state index contributed by atoms with van der Waals surface area (Å²) in [5, 5.41) is 8.81. The quantitative estimate of drug-likeness (QED) is 0.493. The first-order valence-corrected chi connectivity index (χ1v) is 9.42. The second-order valence-corrected chi connectivity index (χ2v) is 7.23. The SMILES string of the molecule is Cc1ccc(Cn2c(C(S)c3ccc(C(=O)O)cc3)nc3cccnc32)cc1. The van der Waals surface area contributed by atoms with Crippen molar-refractivity contribution >= 4 is 29.8 Å². The fourth-order valence-electron chi connectivity index (χ4n) is 3.17. The Morgan fingerprint density at radius 1 is 1.11 bits per heavy atom. The number of hydrogen-bond acceptors (Lipinski definition) is 4. The molecular weight excluding hydrogens is 370 g/mol. The van der Waals surface area contributed by atoms with Crippen molar-refractivity contribution in [1.82, 2.24) is 14.5 Å². The van der Waals surface area contributed by atoms with E-state index in [1.54, 1.807) is 30.5 Å². The van der Waals surface area contributed by atoms with Gasteiger partial charge >= 0.3 is 5.97 Å². The number of aryl methyl sites for hydroxylation is 1. The van der Waals surface area contributed by atoms with Crippen LogP contribution < -0.4 is 0 Å². The van der Waals surface area contributed by atoms with Crippen molar-refractivity contribution in [2.45, 2.75) is 18.7 Å². The maximum absolute atomic E-state index is 11.1. The van der Waals surface area contributed by atoms with E-state index in [0.29, 0.717) is 6.54 Å². The van der Waals surface area contributed by atoms with Gasteiger partial charge in [-0.1, -0.05) is 42.0 Å². The molecule has 2 aromatic heterocycles. The molecule has 2 heterocycles. The van der Waals surface area contributed by atoms with Gasteiger partial charge in [0.1, 0.15) is 11.3 Å². The number of carboxylic acid groups (broad SMARTS) is 1. The van der Waals surface area contributed by atoms with Crippen LogP contribution in [0.15, 0.2) is 66.9 Å². The van der Waals surface area contributed by atoms with Crippen LogP contribution in [0.5, 0.6) is 0 Å². The van der Waals surface area contributed by atoms with Crippen molar-refractivity contribution in [2.75, 3.05) is 0 Å². The highest BCUT2D eigenvalue weighted by Crippen LogP contribution is 2.30. The van der Waals surface area contributed by atoms with Crippen molar-refractivity contribution < 1.29 is 9.90 Å². The summed E-state index contributed by atoms with van der Waals surface area (Å²) in [7, 11) is 0. The minimum atomic E-state index is -0.946. The molecule has 4 aromatic rings. The predicted molar refractivity (Wildman–Crippen MR) is 112 cm³/mol. The maximum atomic E-state index is 11.1. The monoisotopic (exact) mass is 389 g/mol. The van der Waals surface area contributed by atoms with Gasteiger partial charge in [0.05, 0.1) is 17.4 Å². The second-order valence-electron chi connectivity index (χ2n) is 6.72. The van der Waals surface area contributed by atoms with Crippen molar-refractivity contribution in [1.29, 1.82) is 0 Å². The van der Waals surface area contributed by atoms with E-state index in [4.69, 9.17) is 22.7 Å². The van der Waals surface area contributed by atoms with Crippen molar-refractivity contribution in [2.24, 2.45) is 0 Å². The Morgan fingerprint density at radius 2 is 1.82 bits per heavy atom. The Morgan fingerprint density at radius 3 is 2.50 bits per heavy atom. The van der Waals surface area contributed by atoms with Crippen LogP contribution in [0.25, 0.3) is 11.2 Å². The fraction of sp³-hybridized carbons (Fsp3) is 0.136. The van der Waals surface area contributed by atoms with Crippen LogP contribution in [-0.2, 0) is 6.54 Å². The third-order valence-electron chi connectivity index (χ3n) is 4.71. The molecule has 6 heteroatoms. The molecule has 0 aliphatic carbocycles. The number of benzene rings is 2. The van der Waals surface area contributed by atoms with Crippen LogP contribution in [0.1, 0.15) is 38.1 Å². The number of carbonyl (C=O) groups is 1. The summed E-state index contributed by atoms with van der Waals surface area (Å²) in [6.07, 6.45) is 1.76. The summed E-state index contributed by atoms with van der Waals surface area (Å²) in [6.45, 7) is 2.70. The zero-order valence-electron chi connectivity index (χ0n) is 15.3. The molecule has 0 saturated heterocycles. The lowest BCUT2D eigenvalue weighted by atomic mass is 10.1. The Balaban J connectivity index is 1.77. The molecule has 140 valence electrons. The van der Waals surface area contributed by atoms with E-state index < -0.39 is 5.97 Å². The number of nitrogens with zero attached hydrogens (tertiary/aromatic N) is 3. The molecule has 2 aromatic carbocycles. The number of hydrogen-bond donors (Lipinski definition) is 2. The van der Waals surface area contributed by atoms with Gasteiger partial charge in [-0.25, -0.2) is 14.8 Å². The van der Waals surface area contributed by atoms with Gasteiger partial charge in [-0.2, -0.15) is 12.6 Å². The summed E-state index contributed by atoms with van der Waals surface area (Å²) >= 11 is 4.80. The van der Waals surface area contributed by atoms with Gasteiger partial charge in [0, 0.05) is 6.20 Å². The number of fused-ring (bicyclic) bond motifs is 1. The molecule has 0 aliphatic heterocycles. The molecule has 1 N–H and O–H groups in total. The van der Waals surface area contributed by atoms with Crippen LogP contribution in [-0.4, -0.2) is 25.6 Å². The molecule has 1 unspecified atom stereocenters. The first-order valence-electron chi connectivity index (χ1n) is 8.91. The Bertz CT molecular complexity index is 1130. The smallest absolute Gasteiger partial charge is 0.335 e. The number of aromatic nitrogens is 3. The summed E-state index contributed by atoms with van der Waals surface area (Å²) in [4.78, 5) is 20.4. The van der Waals surface area contributed by atoms with Crippen molar-refractivity contribution in [3.05, 3.63) is 94.9 Å². The Labute approximate surface area is 168 Å². The van der Waals surface area contributed by atoms with Crippen molar-refractivity contribution in [3.63, 3.8) is 0 Å². The molecule has 0 amide bonds. The first kappa shape index (κ1) is 18.3. The number of rotatable bonds is 5. The van der Waals surface area contributed by atoms with E-state index in [2.05, 4.69) is 40.7 Å². The molecule has 0 aliphatic rings. The molecule has 28 heavy (non-hydrogen) atoms. The van der Waals surface area contributed by atoms with Crippen molar-refractivity contribution in [3.8, 4) is 0 Å². The van der Waals surface area contributed by atoms with Crippen LogP contribution in [0.2, 0.25) is 0 Å². The Kier molecular flexibility index (Phi) is 4.88. The van der Waals surface area contributed by atoms with Gasteiger partial charge in [-0.3, -0.25) is 0 Å². The highest BCUT2D eigenvalue weighted by molar-refractivity contribution is 7.80. The minimum absolute atomic E-state index is 0.249. The first-order chi connectivity index (χ1) is 13.5. The second kappa shape index (κ2) is 7.48. The molecule has 0 fully saturated rings. The van der Waals surface area contributed by atoms with Crippen LogP contribution in [0.4, 0.5) is 0 Å². The summed E-state index contributed by atoms with van der Waals surface area (Å²) in [6, 6.07) is 18.9. The minimum Gasteiger partial charge on any atom is -0.478 e. The molecular formula is C22H19N3O2S. The van der Waals surface area contributed by atoms with Gasteiger partial charge in [0.2, 0.25) is 0 Å². The lowest BCUT2D eigenvalue weighted by molar-refractivity contribution is 0.0697. The molecule has 5 nitrogen and oxygen atoms in total. The molecule has 1 atom stereocenters. The third kappa shape index (κ3) is 3.51. The average molecular weight is 389 g/mol. The maximum Gasteiger partial charge on any atom is 0.335 e. The fourth-order valence-corrected chi connectivity index (χ4v) is 3.54. The number of imidazole rings is 1. The normalized spacial score (nSPS) is 12.2.